The molecule has 0 atom stereocenters. The molecule has 2 aromatic heterocycles. The molecule has 0 saturated heterocycles. The molecule has 1 saturated carbocycles. The second-order valence-electron chi connectivity index (χ2n) is 7.82. The van der Waals surface area contributed by atoms with E-state index in [1.807, 2.05) is 24.3 Å². The number of allylic oxidation sites excluding steroid dienone is 1. The van der Waals surface area contributed by atoms with Gasteiger partial charge in [0.2, 0.25) is 4.96 Å². The van der Waals surface area contributed by atoms with Gasteiger partial charge in [0.1, 0.15) is 10.8 Å². The van der Waals surface area contributed by atoms with Gasteiger partial charge in [0.05, 0.1) is 11.3 Å². The van der Waals surface area contributed by atoms with Crippen molar-refractivity contribution in [2.45, 2.75) is 44.9 Å². The zero-order valence-electron chi connectivity index (χ0n) is 16.2. The van der Waals surface area contributed by atoms with Crippen LogP contribution in [0.4, 0.5) is 11.5 Å². The van der Waals surface area contributed by atoms with Crippen molar-refractivity contribution in [3.05, 3.63) is 50.8 Å². The summed E-state index contributed by atoms with van der Waals surface area (Å²) in [5.74, 6) is 1.13. The van der Waals surface area contributed by atoms with Gasteiger partial charge in [0, 0.05) is 23.8 Å². The predicted octanol–water partition coefficient (Wildman–Crippen LogP) is 4.50. The first-order chi connectivity index (χ1) is 14.2. The molecule has 3 heterocycles. The number of rotatable bonds is 4. The number of hydrogen-bond donors (Lipinski definition) is 1. The molecule has 3 aromatic rings. The molecule has 0 radical (unpaired) electrons. The highest BCUT2D eigenvalue weighted by Gasteiger charge is 2.18. The van der Waals surface area contributed by atoms with Crippen LogP contribution in [0, 0.1) is 5.92 Å². The average molecular weight is 406 g/mol. The minimum atomic E-state index is -0.324. The van der Waals surface area contributed by atoms with E-state index >= 15 is 0 Å². The highest BCUT2D eigenvalue weighted by molar-refractivity contribution is 7.16. The zero-order chi connectivity index (χ0) is 19.8. The quantitative estimate of drug-likeness (QED) is 0.692. The molecular formula is C22H23N5OS. The maximum Gasteiger partial charge on any atom is 0.283 e. The number of aromatic nitrogens is 3. The summed E-state index contributed by atoms with van der Waals surface area (Å²) in [5, 5.41) is 5.66. The first kappa shape index (κ1) is 18.2. The highest BCUT2D eigenvalue weighted by atomic mass is 32.1. The Labute approximate surface area is 172 Å². The maximum absolute atomic E-state index is 12.7. The Hall–Kier alpha value is -2.80. The van der Waals surface area contributed by atoms with Crippen molar-refractivity contribution in [2.75, 3.05) is 5.73 Å². The van der Waals surface area contributed by atoms with Crippen LogP contribution in [-0.4, -0.2) is 20.8 Å². The van der Waals surface area contributed by atoms with Gasteiger partial charge < -0.3 is 5.73 Å². The van der Waals surface area contributed by atoms with Gasteiger partial charge in [-0.25, -0.2) is 0 Å². The first-order valence-electron chi connectivity index (χ1n) is 10.2. The second kappa shape index (κ2) is 7.55. The largest absolute Gasteiger partial charge is 0.383 e. The fourth-order valence-corrected chi connectivity index (χ4v) is 5.18. The van der Waals surface area contributed by atoms with Gasteiger partial charge in [0.15, 0.2) is 0 Å². The Balaban J connectivity index is 1.46. The Bertz CT molecular complexity index is 1180. The number of hydrogen-bond acceptors (Lipinski definition) is 6. The molecule has 1 fully saturated rings. The van der Waals surface area contributed by atoms with E-state index in [1.165, 1.54) is 43.4 Å². The number of nitrogen functional groups attached to an aromatic ring is 1. The summed E-state index contributed by atoms with van der Waals surface area (Å²) in [5.41, 5.74) is 9.13. The third-order valence-corrected chi connectivity index (χ3v) is 6.85. The fraction of sp³-hybridized carbons (Fsp3) is 0.364. The molecule has 7 heteroatoms. The standard InChI is InChI=1S/C22H23N5OS/c23-20-17(12-15-13-24-18-9-5-4-8-16(15)18)21(28)25-22-27(20)26-19(29-22)11-10-14-6-2-1-3-7-14/h4-5,8-9,12-14H,1-3,6-7,10-11,23H2. The van der Waals surface area contributed by atoms with Crippen LogP contribution in [0.15, 0.2) is 34.1 Å². The summed E-state index contributed by atoms with van der Waals surface area (Å²) in [6.45, 7) is 0. The zero-order valence-corrected chi connectivity index (χ0v) is 17.0. The molecule has 5 rings (SSSR count). The van der Waals surface area contributed by atoms with E-state index in [2.05, 4.69) is 15.1 Å². The smallest absolute Gasteiger partial charge is 0.283 e. The molecule has 6 nitrogen and oxygen atoms in total. The van der Waals surface area contributed by atoms with E-state index in [9.17, 15) is 4.79 Å². The third-order valence-electron chi connectivity index (χ3n) is 5.88. The number of benzene rings is 1. The van der Waals surface area contributed by atoms with Crippen LogP contribution in [0.1, 0.15) is 54.7 Å². The summed E-state index contributed by atoms with van der Waals surface area (Å²) in [7, 11) is 0. The van der Waals surface area contributed by atoms with Crippen LogP contribution >= 0.6 is 11.3 Å². The molecular weight excluding hydrogens is 382 g/mol. The van der Waals surface area contributed by atoms with E-state index in [-0.39, 0.29) is 5.56 Å². The fourth-order valence-electron chi connectivity index (χ4n) is 4.27. The van der Waals surface area contributed by atoms with Crippen LogP contribution in [0.5, 0.6) is 0 Å². The minimum Gasteiger partial charge on any atom is -0.383 e. The lowest BCUT2D eigenvalue weighted by Gasteiger charge is -2.20. The number of nitrogens with two attached hydrogens (primary N) is 1. The van der Waals surface area contributed by atoms with Crippen LogP contribution in [0.25, 0.3) is 16.6 Å². The molecule has 148 valence electrons. The highest BCUT2D eigenvalue weighted by Crippen LogP contribution is 2.33. The van der Waals surface area contributed by atoms with Gasteiger partial charge in [-0.05, 0) is 24.5 Å². The Morgan fingerprint density at radius 3 is 2.90 bits per heavy atom. The number of nitrogens with zero attached hydrogens (tertiary/aromatic N) is 4. The maximum atomic E-state index is 12.7. The SMILES string of the molecule is Nc1c(C=C2C=Nc3ccccc32)c(=O)nc2sc(CCC3CCCCC3)nn12. The van der Waals surface area contributed by atoms with Gasteiger partial charge >= 0.3 is 0 Å². The van der Waals surface area contributed by atoms with Gasteiger partial charge in [-0.1, -0.05) is 61.6 Å². The molecule has 29 heavy (non-hydrogen) atoms. The van der Waals surface area contributed by atoms with E-state index in [1.54, 1.807) is 16.8 Å². The van der Waals surface area contributed by atoms with Gasteiger partial charge in [-0.2, -0.15) is 14.6 Å². The molecule has 1 aliphatic carbocycles. The Morgan fingerprint density at radius 2 is 2.03 bits per heavy atom. The lowest BCUT2D eigenvalue weighted by molar-refractivity contribution is 0.339. The summed E-state index contributed by atoms with van der Waals surface area (Å²) in [4.78, 5) is 21.9. The van der Waals surface area contributed by atoms with Gasteiger partial charge in [-0.3, -0.25) is 9.79 Å². The van der Waals surface area contributed by atoms with E-state index in [0.717, 1.165) is 40.6 Å². The van der Waals surface area contributed by atoms with Crippen LogP contribution in [-0.2, 0) is 6.42 Å². The summed E-state index contributed by atoms with van der Waals surface area (Å²) in [6, 6.07) is 7.83. The van der Waals surface area contributed by atoms with Crippen molar-refractivity contribution < 1.29 is 0 Å². The van der Waals surface area contributed by atoms with Crippen LogP contribution < -0.4 is 11.3 Å². The summed E-state index contributed by atoms with van der Waals surface area (Å²) < 4.78 is 1.62. The third kappa shape index (κ3) is 3.51. The van der Waals surface area contributed by atoms with Crippen molar-refractivity contribution in [3.63, 3.8) is 0 Å². The van der Waals surface area contributed by atoms with E-state index in [4.69, 9.17) is 5.73 Å². The molecule has 2 N–H and O–H groups in total. The van der Waals surface area contributed by atoms with Gasteiger partial charge in [-0.15, -0.1) is 0 Å². The molecule has 1 aromatic carbocycles. The second-order valence-corrected chi connectivity index (χ2v) is 8.86. The molecule has 0 spiro atoms. The lowest BCUT2D eigenvalue weighted by Crippen LogP contribution is -2.16. The summed E-state index contributed by atoms with van der Waals surface area (Å²) >= 11 is 1.47. The topological polar surface area (TPSA) is 85.6 Å². The van der Waals surface area contributed by atoms with Crippen molar-refractivity contribution in [1.29, 1.82) is 0 Å². The molecule has 0 bridgehead atoms. The van der Waals surface area contributed by atoms with Gasteiger partial charge in [0.25, 0.3) is 5.56 Å². The van der Waals surface area contributed by atoms with Crippen LogP contribution in [0.3, 0.4) is 0 Å². The number of fused-ring (bicyclic) bond motifs is 2. The molecule has 2 aliphatic rings. The molecule has 1 aliphatic heterocycles. The Kier molecular flexibility index (Phi) is 4.75. The average Bonchev–Trinajstić information content (AvgIpc) is 3.34. The monoisotopic (exact) mass is 405 g/mol. The Morgan fingerprint density at radius 1 is 1.21 bits per heavy atom. The lowest BCUT2D eigenvalue weighted by atomic mass is 9.86. The number of aliphatic imine (C=N–C) groups is 1. The number of aryl methyl sites for hydroxylation is 1. The van der Waals surface area contributed by atoms with Crippen molar-refractivity contribution in [3.8, 4) is 0 Å². The van der Waals surface area contributed by atoms with Crippen molar-refractivity contribution >= 4 is 45.7 Å². The van der Waals surface area contributed by atoms with Crippen LogP contribution in [0.2, 0.25) is 0 Å². The van der Waals surface area contributed by atoms with E-state index < -0.39 is 0 Å². The summed E-state index contributed by atoms with van der Waals surface area (Å²) in [6.07, 6.45) is 12.3. The minimum absolute atomic E-state index is 0.324. The van der Waals surface area contributed by atoms with Crippen molar-refractivity contribution in [1.82, 2.24) is 14.6 Å². The number of para-hydroxylation sites is 1. The van der Waals surface area contributed by atoms with Crippen molar-refractivity contribution in [2.24, 2.45) is 10.9 Å². The number of anilines is 1. The molecule has 0 unspecified atom stereocenters. The first-order valence-corrected chi connectivity index (χ1v) is 11.0. The normalized spacial score (nSPS) is 18.0. The molecule has 0 amide bonds. The predicted molar refractivity (Wildman–Crippen MR) is 119 cm³/mol. The van der Waals surface area contributed by atoms with E-state index in [0.29, 0.717) is 16.3 Å².